The summed E-state index contributed by atoms with van der Waals surface area (Å²) in [5, 5.41) is 6.97. The Balaban J connectivity index is 1.43. The Hall–Kier alpha value is -2.15. The highest BCUT2D eigenvalue weighted by Crippen LogP contribution is 2.32. The second-order valence-corrected chi connectivity index (χ2v) is 7.19. The summed E-state index contributed by atoms with van der Waals surface area (Å²) in [5.74, 6) is 0.679. The number of aromatic amines is 1. The van der Waals surface area contributed by atoms with Crippen LogP contribution in [0.1, 0.15) is 68.9 Å². The third-order valence-corrected chi connectivity index (χ3v) is 5.25. The summed E-state index contributed by atoms with van der Waals surface area (Å²) in [6.07, 6.45) is 9.13. The fraction of sp³-hybridized carbons (Fsp3) is 0.632. The highest BCUT2D eigenvalue weighted by atomic mass is 16.6. The first kappa shape index (κ1) is 18.6. The van der Waals surface area contributed by atoms with Crippen molar-refractivity contribution in [3.8, 4) is 0 Å². The zero-order valence-corrected chi connectivity index (χ0v) is 15.1. The highest BCUT2D eigenvalue weighted by Gasteiger charge is 2.29. The number of carbonyl (C=O) groups excluding carboxylic acids is 1. The van der Waals surface area contributed by atoms with Crippen LogP contribution in [0.5, 0.6) is 0 Å². The van der Waals surface area contributed by atoms with Crippen LogP contribution in [-0.2, 0) is 14.3 Å². The summed E-state index contributed by atoms with van der Waals surface area (Å²) < 4.78 is 11.5. The van der Waals surface area contributed by atoms with Crippen molar-refractivity contribution in [1.82, 2.24) is 4.98 Å². The summed E-state index contributed by atoms with van der Waals surface area (Å²) >= 11 is 0. The molecule has 0 radical (unpaired) electrons. The maximum atomic E-state index is 12.0. The number of amidine groups is 1. The number of rotatable bonds is 7. The average molecular weight is 360 g/mol. The van der Waals surface area contributed by atoms with Gasteiger partial charge in [0.2, 0.25) is 0 Å². The topological polar surface area (TPSA) is 114 Å². The van der Waals surface area contributed by atoms with E-state index >= 15 is 0 Å². The van der Waals surface area contributed by atoms with Crippen LogP contribution in [0.25, 0.3) is 0 Å². The van der Waals surface area contributed by atoms with Crippen LogP contribution in [0.3, 0.4) is 0 Å². The van der Waals surface area contributed by atoms with Gasteiger partial charge in [0.05, 0.1) is 17.9 Å². The lowest BCUT2D eigenvalue weighted by Crippen LogP contribution is -2.20. The summed E-state index contributed by atoms with van der Waals surface area (Å²) in [6.45, 7) is 0.326. The molecule has 1 aliphatic heterocycles. The molecule has 1 aliphatic carbocycles. The van der Waals surface area contributed by atoms with E-state index in [1.165, 1.54) is 19.3 Å². The third kappa shape index (κ3) is 4.94. The predicted molar refractivity (Wildman–Crippen MR) is 99.3 cm³/mol. The molecule has 26 heavy (non-hydrogen) atoms. The van der Waals surface area contributed by atoms with Crippen molar-refractivity contribution in [2.24, 2.45) is 16.6 Å². The summed E-state index contributed by atoms with van der Waals surface area (Å²) in [5.41, 5.74) is 7.38. The molecule has 1 saturated carbocycles. The van der Waals surface area contributed by atoms with Gasteiger partial charge in [-0.15, -0.1) is 0 Å². The minimum absolute atomic E-state index is 0.0569. The molecule has 2 fully saturated rings. The lowest BCUT2D eigenvalue weighted by Gasteiger charge is -2.21. The molecule has 7 nitrogen and oxygen atoms in total. The van der Waals surface area contributed by atoms with Crippen LogP contribution in [0.15, 0.2) is 17.1 Å². The molecule has 0 bridgehead atoms. The van der Waals surface area contributed by atoms with Gasteiger partial charge in [-0.3, -0.25) is 10.2 Å². The third-order valence-electron chi connectivity index (χ3n) is 5.25. The van der Waals surface area contributed by atoms with Gasteiger partial charge in [-0.2, -0.15) is 0 Å². The number of esters is 1. The number of hydrogen-bond donors (Lipinski definition) is 3. The standard InChI is InChI=1S/C19H28N4O3/c20-12-22-19(21)16-8-7-15(23-16)17-9-6-14(26-17)11-25-18(24)10-13-4-2-1-3-5-13/h7-8,12-14,17,23H,1-6,9-11H2,(H3,20,21,22). The van der Waals surface area contributed by atoms with Crippen molar-refractivity contribution in [2.45, 2.75) is 63.6 Å². The first-order valence-electron chi connectivity index (χ1n) is 9.48. The number of aromatic nitrogens is 1. The van der Waals surface area contributed by atoms with E-state index in [-0.39, 0.29) is 24.0 Å². The molecule has 2 aliphatic rings. The van der Waals surface area contributed by atoms with Gasteiger partial charge < -0.3 is 20.2 Å². The van der Waals surface area contributed by atoms with Crippen molar-refractivity contribution in [1.29, 1.82) is 5.41 Å². The molecule has 0 amide bonds. The fourth-order valence-electron chi connectivity index (χ4n) is 3.82. The van der Waals surface area contributed by atoms with Crippen LogP contribution in [0, 0.1) is 11.3 Å². The average Bonchev–Trinajstić information content (AvgIpc) is 3.30. The Morgan fingerprint density at radius 1 is 1.31 bits per heavy atom. The zero-order chi connectivity index (χ0) is 18.4. The second-order valence-electron chi connectivity index (χ2n) is 7.19. The zero-order valence-electron chi connectivity index (χ0n) is 15.1. The quantitative estimate of drug-likeness (QED) is 0.394. The van der Waals surface area contributed by atoms with E-state index in [1.807, 2.05) is 12.1 Å². The molecular formula is C19H28N4O3. The highest BCUT2D eigenvalue weighted by molar-refractivity contribution is 5.99. The van der Waals surface area contributed by atoms with Crippen molar-refractivity contribution in [3.05, 3.63) is 23.5 Å². The molecule has 2 heterocycles. The van der Waals surface area contributed by atoms with Crippen LogP contribution in [0.2, 0.25) is 0 Å². The Labute approximate surface area is 153 Å². The second kappa shape index (κ2) is 8.98. The monoisotopic (exact) mass is 360 g/mol. The normalized spacial score (nSPS) is 24.5. The Bertz CT molecular complexity index is 649. The molecule has 3 rings (SSSR count). The number of nitrogens with zero attached hydrogens (tertiary/aromatic N) is 1. The molecule has 1 aromatic heterocycles. The maximum absolute atomic E-state index is 12.0. The van der Waals surface area contributed by atoms with Gasteiger partial charge in [0.1, 0.15) is 18.8 Å². The minimum atomic E-state index is -0.0956. The number of carbonyl (C=O) groups is 1. The van der Waals surface area contributed by atoms with Crippen molar-refractivity contribution < 1.29 is 14.3 Å². The number of hydrogen-bond acceptors (Lipinski definition) is 4. The molecule has 2 atom stereocenters. The first-order valence-corrected chi connectivity index (χ1v) is 9.48. The maximum Gasteiger partial charge on any atom is 0.306 e. The molecule has 4 N–H and O–H groups in total. The van der Waals surface area contributed by atoms with Gasteiger partial charge in [-0.25, -0.2) is 4.99 Å². The Morgan fingerprint density at radius 3 is 2.88 bits per heavy atom. The van der Waals surface area contributed by atoms with Crippen LogP contribution in [-0.4, -0.2) is 35.8 Å². The minimum Gasteiger partial charge on any atom is -0.463 e. The number of ether oxygens (including phenoxy) is 2. The lowest BCUT2D eigenvalue weighted by molar-refractivity contribution is -0.149. The molecule has 142 valence electrons. The largest absolute Gasteiger partial charge is 0.463 e. The molecule has 1 aromatic rings. The Morgan fingerprint density at radius 2 is 2.12 bits per heavy atom. The number of nitrogens with one attached hydrogen (secondary N) is 2. The lowest BCUT2D eigenvalue weighted by atomic mass is 9.87. The van der Waals surface area contributed by atoms with Gasteiger partial charge >= 0.3 is 5.97 Å². The van der Waals surface area contributed by atoms with Gasteiger partial charge in [-0.05, 0) is 43.7 Å². The van der Waals surface area contributed by atoms with Crippen LogP contribution < -0.4 is 5.73 Å². The van der Waals surface area contributed by atoms with Crippen molar-refractivity contribution in [3.63, 3.8) is 0 Å². The van der Waals surface area contributed by atoms with Gasteiger partial charge in [0, 0.05) is 12.1 Å². The summed E-state index contributed by atoms with van der Waals surface area (Å²) in [4.78, 5) is 19.0. The van der Waals surface area contributed by atoms with E-state index in [1.54, 1.807) is 0 Å². The predicted octanol–water partition coefficient (Wildman–Crippen LogP) is 3.06. The smallest absolute Gasteiger partial charge is 0.306 e. The van der Waals surface area contributed by atoms with E-state index in [4.69, 9.17) is 20.6 Å². The van der Waals surface area contributed by atoms with E-state index < -0.39 is 0 Å². The SMILES string of the molecule is N=CN=C(N)c1ccc(C2CCC(COC(=O)CC3CCCCC3)O2)[nH]1. The molecule has 0 aromatic carbocycles. The number of H-pyrrole nitrogens is 1. The summed E-state index contributed by atoms with van der Waals surface area (Å²) in [6, 6.07) is 3.75. The summed E-state index contributed by atoms with van der Waals surface area (Å²) in [7, 11) is 0. The van der Waals surface area contributed by atoms with Crippen LogP contribution >= 0.6 is 0 Å². The van der Waals surface area contributed by atoms with E-state index in [0.717, 1.165) is 37.7 Å². The number of aliphatic imine (C=N–C) groups is 1. The molecule has 2 unspecified atom stereocenters. The van der Waals surface area contributed by atoms with E-state index in [9.17, 15) is 4.79 Å². The molecule has 0 spiro atoms. The van der Waals surface area contributed by atoms with Crippen molar-refractivity contribution >= 4 is 18.1 Å². The Kier molecular flexibility index (Phi) is 6.44. The first-order chi connectivity index (χ1) is 12.7. The van der Waals surface area contributed by atoms with Crippen molar-refractivity contribution in [2.75, 3.05) is 6.61 Å². The molecular weight excluding hydrogens is 332 g/mol. The van der Waals surface area contributed by atoms with Crippen LogP contribution in [0.4, 0.5) is 0 Å². The molecule has 1 saturated heterocycles. The fourth-order valence-corrected chi connectivity index (χ4v) is 3.82. The van der Waals surface area contributed by atoms with E-state index in [2.05, 4.69) is 9.98 Å². The number of nitrogens with two attached hydrogens (primary N) is 1. The van der Waals surface area contributed by atoms with Gasteiger partial charge in [-0.1, -0.05) is 19.3 Å². The van der Waals surface area contributed by atoms with Gasteiger partial charge in [0.25, 0.3) is 0 Å². The molecule has 7 heteroatoms. The van der Waals surface area contributed by atoms with Gasteiger partial charge in [0.15, 0.2) is 0 Å². The van der Waals surface area contributed by atoms with E-state index in [0.29, 0.717) is 24.6 Å².